The normalized spacial score (nSPS) is 13.2. The highest BCUT2D eigenvalue weighted by Gasteiger charge is 2.13. The first kappa shape index (κ1) is 11.8. The molecule has 1 rings (SSSR count). The lowest BCUT2D eigenvalue weighted by Gasteiger charge is -2.22. The molecule has 1 aromatic rings. The predicted molar refractivity (Wildman–Crippen MR) is 64.1 cm³/mol. The Bertz CT molecular complexity index is 316. The Morgan fingerprint density at radius 1 is 1.40 bits per heavy atom. The van der Waals surface area contributed by atoms with Crippen molar-refractivity contribution in [1.82, 2.24) is 14.7 Å². The molecule has 1 unspecified atom stereocenters. The van der Waals surface area contributed by atoms with Crippen molar-refractivity contribution in [2.45, 2.75) is 19.5 Å². The molecule has 2 N–H and O–H groups in total. The fourth-order valence-corrected chi connectivity index (χ4v) is 1.43. The summed E-state index contributed by atoms with van der Waals surface area (Å²) in [5, 5.41) is 4.28. The fraction of sp³-hybridized carbons (Fsp3) is 0.700. The van der Waals surface area contributed by atoms with E-state index in [2.05, 4.69) is 31.0 Å². The van der Waals surface area contributed by atoms with E-state index >= 15 is 0 Å². The van der Waals surface area contributed by atoms with Gasteiger partial charge in [0.05, 0.1) is 18.4 Å². The van der Waals surface area contributed by atoms with Crippen LogP contribution in [0.2, 0.25) is 0 Å². The Kier molecular flexibility index (Phi) is 3.57. The van der Waals surface area contributed by atoms with Crippen molar-refractivity contribution in [2.75, 3.05) is 38.8 Å². The summed E-state index contributed by atoms with van der Waals surface area (Å²) in [5.41, 5.74) is 6.58. The molecule has 0 aliphatic rings. The van der Waals surface area contributed by atoms with Crippen molar-refractivity contribution >= 4 is 11.5 Å². The topological polar surface area (TPSA) is 50.3 Å². The fourth-order valence-electron chi connectivity index (χ4n) is 1.43. The minimum Gasteiger partial charge on any atom is -0.394 e. The Morgan fingerprint density at radius 2 is 2.00 bits per heavy atom. The van der Waals surface area contributed by atoms with Gasteiger partial charge in [-0.15, -0.1) is 0 Å². The first-order valence-electron chi connectivity index (χ1n) is 5.08. The molecule has 0 aliphatic heterocycles. The van der Waals surface area contributed by atoms with Gasteiger partial charge in [0.1, 0.15) is 5.82 Å². The molecule has 0 bridgehead atoms. The summed E-state index contributed by atoms with van der Waals surface area (Å²) in [6.07, 6.45) is 1.71. The van der Waals surface area contributed by atoms with Gasteiger partial charge < -0.3 is 15.5 Å². The standard InChI is InChI=1S/C10H21N5/c1-8(13(2)3)7-15-10(14(4)5)9(11)6-12-15/h6,8H,7,11H2,1-5H3. The molecule has 1 aromatic heterocycles. The van der Waals surface area contributed by atoms with Gasteiger partial charge in [0.25, 0.3) is 0 Å². The van der Waals surface area contributed by atoms with E-state index in [0.717, 1.165) is 18.1 Å². The maximum atomic E-state index is 5.86. The lowest BCUT2D eigenvalue weighted by molar-refractivity contribution is 0.276. The molecular formula is C10H21N5. The van der Waals surface area contributed by atoms with E-state index < -0.39 is 0 Å². The number of hydrogen-bond donors (Lipinski definition) is 1. The van der Waals surface area contributed by atoms with E-state index in [0.29, 0.717) is 6.04 Å². The zero-order valence-electron chi connectivity index (χ0n) is 10.2. The van der Waals surface area contributed by atoms with Gasteiger partial charge in [-0.3, -0.25) is 0 Å². The highest BCUT2D eigenvalue weighted by Crippen LogP contribution is 2.20. The Hall–Kier alpha value is -1.23. The van der Waals surface area contributed by atoms with E-state index in [1.165, 1.54) is 0 Å². The van der Waals surface area contributed by atoms with Crippen LogP contribution in [0.25, 0.3) is 0 Å². The van der Waals surface area contributed by atoms with Crippen LogP contribution in [0.3, 0.4) is 0 Å². The van der Waals surface area contributed by atoms with Gasteiger partial charge in [0, 0.05) is 20.1 Å². The van der Waals surface area contributed by atoms with Crippen molar-refractivity contribution in [3.8, 4) is 0 Å². The minimum atomic E-state index is 0.433. The quantitative estimate of drug-likeness (QED) is 0.787. The summed E-state index contributed by atoms with van der Waals surface area (Å²) in [6, 6.07) is 0.433. The Balaban J connectivity index is 2.86. The molecule has 0 radical (unpaired) electrons. The molecule has 5 heteroatoms. The van der Waals surface area contributed by atoms with E-state index in [-0.39, 0.29) is 0 Å². The average molecular weight is 211 g/mol. The molecule has 0 saturated carbocycles. The zero-order valence-corrected chi connectivity index (χ0v) is 10.2. The minimum absolute atomic E-state index is 0.433. The number of likely N-dealkylation sites (N-methyl/N-ethyl adjacent to an activating group) is 1. The van der Waals surface area contributed by atoms with Crippen LogP contribution in [-0.2, 0) is 6.54 Å². The van der Waals surface area contributed by atoms with Crippen LogP contribution in [0.5, 0.6) is 0 Å². The second-order valence-corrected chi connectivity index (χ2v) is 4.31. The number of aromatic nitrogens is 2. The van der Waals surface area contributed by atoms with Crippen LogP contribution >= 0.6 is 0 Å². The van der Waals surface area contributed by atoms with E-state index in [1.807, 2.05) is 23.7 Å². The summed E-state index contributed by atoms with van der Waals surface area (Å²) < 4.78 is 1.94. The maximum absolute atomic E-state index is 5.86. The third-order valence-electron chi connectivity index (χ3n) is 2.58. The Labute approximate surface area is 91.5 Å². The summed E-state index contributed by atoms with van der Waals surface area (Å²) >= 11 is 0. The second kappa shape index (κ2) is 4.53. The summed E-state index contributed by atoms with van der Waals surface area (Å²) in [6.45, 7) is 3.01. The van der Waals surface area contributed by atoms with Crippen molar-refractivity contribution in [3.63, 3.8) is 0 Å². The first-order valence-corrected chi connectivity index (χ1v) is 5.08. The summed E-state index contributed by atoms with van der Waals surface area (Å²) in [4.78, 5) is 4.15. The molecule has 0 saturated heterocycles. The van der Waals surface area contributed by atoms with Crippen LogP contribution in [0, 0.1) is 0 Å². The number of anilines is 2. The molecule has 1 atom stereocenters. The average Bonchev–Trinajstić information content (AvgIpc) is 2.46. The molecule has 0 fully saturated rings. The predicted octanol–water partition coefficient (Wildman–Crippen LogP) is 0.481. The second-order valence-electron chi connectivity index (χ2n) is 4.31. The van der Waals surface area contributed by atoms with Crippen molar-refractivity contribution < 1.29 is 0 Å². The smallest absolute Gasteiger partial charge is 0.149 e. The molecular weight excluding hydrogens is 190 g/mol. The van der Waals surface area contributed by atoms with Crippen LogP contribution in [0.15, 0.2) is 6.20 Å². The van der Waals surface area contributed by atoms with Gasteiger partial charge in [-0.1, -0.05) is 0 Å². The van der Waals surface area contributed by atoms with Crippen molar-refractivity contribution in [1.29, 1.82) is 0 Å². The number of nitrogens with two attached hydrogens (primary N) is 1. The lowest BCUT2D eigenvalue weighted by atomic mass is 10.3. The van der Waals surface area contributed by atoms with Crippen LogP contribution in [0.4, 0.5) is 11.5 Å². The molecule has 1 heterocycles. The van der Waals surface area contributed by atoms with Gasteiger partial charge in [-0.05, 0) is 21.0 Å². The first-order chi connectivity index (χ1) is 6.93. The molecule has 0 aliphatic carbocycles. The molecule has 0 amide bonds. The lowest BCUT2D eigenvalue weighted by Crippen LogP contribution is -2.30. The maximum Gasteiger partial charge on any atom is 0.149 e. The van der Waals surface area contributed by atoms with Crippen molar-refractivity contribution in [3.05, 3.63) is 6.20 Å². The highest BCUT2D eigenvalue weighted by molar-refractivity contribution is 5.61. The Morgan fingerprint density at radius 3 is 2.47 bits per heavy atom. The molecule has 86 valence electrons. The molecule has 5 nitrogen and oxygen atoms in total. The number of hydrogen-bond acceptors (Lipinski definition) is 4. The number of rotatable bonds is 4. The van der Waals surface area contributed by atoms with Gasteiger partial charge in [-0.2, -0.15) is 5.10 Å². The van der Waals surface area contributed by atoms with Crippen LogP contribution < -0.4 is 10.6 Å². The highest BCUT2D eigenvalue weighted by atomic mass is 15.4. The molecule has 0 aromatic carbocycles. The largest absolute Gasteiger partial charge is 0.394 e. The summed E-state index contributed by atoms with van der Waals surface area (Å²) in [5.74, 6) is 0.976. The van der Waals surface area contributed by atoms with Gasteiger partial charge >= 0.3 is 0 Å². The third kappa shape index (κ3) is 2.62. The SMILES string of the molecule is CC(Cn1ncc(N)c1N(C)C)N(C)C. The summed E-state index contributed by atoms with van der Waals surface area (Å²) in [7, 11) is 8.08. The number of nitrogen functional groups attached to an aromatic ring is 1. The van der Waals surface area contributed by atoms with E-state index in [4.69, 9.17) is 5.73 Å². The van der Waals surface area contributed by atoms with Crippen LogP contribution in [0.1, 0.15) is 6.92 Å². The zero-order chi connectivity index (χ0) is 11.6. The van der Waals surface area contributed by atoms with Gasteiger partial charge in [0.15, 0.2) is 0 Å². The number of nitrogens with zero attached hydrogens (tertiary/aromatic N) is 4. The van der Waals surface area contributed by atoms with E-state index in [1.54, 1.807) is 6.20 Å². The molecule has 15 heavy (non-hydrogen) atoms. The molecule has 0 spiro atoms. The van der Waals surface area contributed by atoms with Gasteiger partial charge in [-0.25, -0.2) is 4.68 Å². The van der Waals surface area contributed by atoms with Crippen molar-refractivity contribution in [2.24, 2.45) is 0 Å². The van der Waals surface area contributed by atoms with Crippen LogP contribution in [-0.4, -0.2) is 48.9 Å². The monoisotopic (exact) mass is 211 g/mol. The van der Waals surface area contributed by atoms with E-state index in [9.17, 15) is 0 Å². The van der Waals surface area contributed by atoms with Gasteiger partial charge in [0.2, 0.25) is 0 Å². The third-order valence-corrected chi connectivity index (χ3v) is 2.58.